The summed E-state index contributed by atoms with van der Waals surface area (Å²) >= 11 is 0. The Balaban J connectivity index is 1.63. The highest BCUT2D eigenvalue weighted by atomic mass is 15.5. The second kappa shape index (κ2) is 8.15. The summed E-state index contributed by atoms with van der Waals surface area (Å²) in [6, 6.07) is 17.9. The molecule has 0 spiro atoms. The third kappa shape index (κ3) is 3.94. The SMILES string of the molecule is CN1C/C(=C/c2ccc(N(C)C)cc2)C2=NN(C)[C@H](c3ccc(N(C)C)cc3)[C@H]2C1. The number of hydrogen-bond acceptors (Lipinski definition) is 5. The molecule has 158 valence electrons. The van der Waals surface area contributed by atoms with E-state index in [1.54, 1.807) is 0 Å². The van der Waals surface area contributed by atoms with E-state index in [0.29, 0.717) is 5.92 Å². The molecule has 2 heterocycles. The summed E-state index contributed by atoms with van der Waals surface area (Å²) < 4.78 is 0. The van der Waals surface area contributed by atoms with Gasteiger partial charge in [0.15, 0.2) is 0 Å². The molecular weight excluding hydrogens is 370 g/mol. The molecule has 1 saturated heterocycles. The zero-order valence-electron chi connectivity index (χ0n) is 19.0. The lowest BCUT2D eigenvalue weighted by Gasteiger charge is -2.34. The van der Waals surface area contributed by atoms with Crippen molar-refractivity contribution in [3.05, 3.63) is 65.2 Å². The summed E-state index contributed by atoms with van der Waals surface area (Å²) in [5.41, 5.74) is 7.57. The molecule has 2 aliphatic heterocycles. The van der Waals surface area contributed by atoms with Crippen LogP contribution in [0.3, 0.4) is 0 Å². The van der Waals surface area contributed by atoms with E-state index in [-0.39, 0.29) is 6.04 Å². The van der Waals surface area contributed by atoms with Gasteiger partial charge in [0.1, 0.15) is 0 Å². The zero-order valence-corrected chi connectivity index (χ0v) is 19.0. The van der Waals surface area contributed by atoms with E-state index in [2.05, 4.69) is 117 Å². The average molecular weight is 404 g/mol. The van der Waals surface area contributed by atoms with Crippen LogP contribution in [0, 0.1) is 5.92 Å². The standard InChI is InChI=1S/C25H33N5/c1-27(2)21-11-7-18(8-12-21)15-20-16-29(5)17-23-24(20)26-30(6)25(23)19-9-13-22(14-10-19)28(3)4/h7-15,23,25H,16-17H2,1-6H3/b20-15-/t23-,25+/m0/s1. The van der Waals surface area contributed by atoms with Gasteiger partial charge in [0.05, 0.1) is 11.8 Å². The molecule has 30 heavy (non-hydrogen) atoms. The fourth-order valence-electron chi connectivity index (χ4n) is 4.58. The van der Waals surface area contributed by atoms with E-state index >= 15 is 0 Å². The van der Waals surface area contributed by atoms with E-state index in [1.165, 1.54) is 33.8 Å². The smallest absolute Gasteiger partial charge is 0.0813 e. The quantitative estimate of drug-likeness (QED) is 0.775. The molecule has 0 unspecified atom stereocenters. The first kappa shape index (κ1) is 20.5. The number of piperidine rings is 1. The molecule has 0 amide bonds. The van der Waals surface area contributed by atoms with Crippen molar-refractivity contribution in [1.82, 2.24) is 9.91 Å². The van der Waals surface area contributed by atoms with Crippen LogP contribution in [0.4, 0.5) is 11.4 Å². The van der Waals surface area contributed by atoms with Gasteiger partial charge >= 0.3 is 0 Å². The highest BCUT2D eigenvalue weighted by Gasteiger charge is 2.41. The number of fused-ring (bicyclic) bond motifs is 1. The van der Waals surface area contributed by atoms with Gasteiger partial charge in [-0.2, -0.15) is 5.10 Å². The van der Waals surface area contributed by atoms with Crippen LogP contribution >= 0.6 is 0 Å². The second-order valence-corrected chi connectivity index (χ2v) is 8.95. The Morgan fingerprint density at radius 1 is 0.867 bits per heavy atom. The van der Waals surface area contributed by atoms with E-state index < -0.39 is 0 Å². The fraction of sp³-hybridized carbons (Fsp3) is 0.400. The number of anilines is 2. The highest BCUT2D eigenvalue weighted by Crippen LogP contribution is 2.40. The van der Waals surface area contributed by atoms with Crippen LogP contribution in [0.1, 0.15) is 17.2 Å². The number of likely N-dealkylation sites (N-methyl/N-ethyl adjacent to an activating group) is 1. The number of hydrogen-bond donors (Lipinski definition) is 0. The Morgan fingerprint density at radius 2 is 1.43 bits per heavy atom. The molecular formula is C25H33N5. The molecule has 0 radical (unpaired) electrons. The van der Waals surface area contributed by atoms with Crippen LogP contribution in [0.2, 0.25) is 0 Å². The molecule has 5 nitrogen and oxygen atoms in total. The summed E-state index contributed by atoms with van der Waals surface area (Å²) in [6.07, 6.45) is 2.31. The molecule has 0 saturated carbocycles. The first-order valence-electron chi connectivity index (χ1n) is 10.6. The minimum atomic E-state index is 0.276. The average Bonchev–Trinajstić information content (AvgIpc) is 3.04. The molecule has 2 aliphatic rings. The van der Waals surface area contributed by atoms with Crippen molar-refractivity contribution < 1.29 is 0 Å². The van der Waals surface area contributed by atoms with Gasteiger partial charge in [-0.1, -0.05) is 24.3 Å². The highest BCUT2D eigenvalue weighted by molar-refractivity contribution is 6.07. The molecule has 1 fully saturated rings. The minimum Gasteiger partial charge on any atom is -0.378 e. The van der Waals surface area contributed by atoms with E-state index in [1.807, 2.05) is 0 Å². The largest absolute Gasteiger partial charge is 0.378 e. The van der Waals surface area contributed by atoms with Crippen molar-refractivity contribution in [2.24, 2.45) is 11.0 Å². The molecule has 2 aromatic carbocycles. The van der Waals surface area contributed by atoms with Crippen molar-refractivity contribution >= 4 is 23.2 Å². The zero-order chi connectivity index (χ0) is 21.4. The van der Waals surface area contributed by atoms with Gasteiger partial charge in [-0.05, 0) is 54.1 Å². The van der Waals surface area contributed by atoms with Gasteiger partial charge in [-0.25, -0.2) is 0 Å². The lowest BCUT2D eigenvalue weighted by molar-refractivity contribution is 0.211. The van der Waals surface area contributed by atoms with Gasteiger partial charge < -0.3 is 14.7 Å². The number of nitrogens with zero attached hydrogens (tertiary/aromatic N) is 5. The molecule has 5 heteroatoms. The monoisotopic (exact) mass is 403 g/mol. The van der Waals surface area contributed by atoms with Crippen molar-refractivity contribution in [2.45, 2.75) is 6.04 Å². The minimum absolute atomic E-state index is 0.276. The van der Waals surface area contributed by atoms with Crippen LogP contribution in [0.15, 0.2) is 59.2 Å². The molecule has 2 atom stereocenters. The predicted molar refractivity (Wildman–Crippen MR) is 128 cm³/mol. The molecule has 4 rings (SSSR count). The first-order chi connectivity index (χ1) is 14.3. The van der Waals surface area contributed by atoms with Gasteiger partial charge in [-0.15, -0.1) is 0 Å². The Bertz CT molecular complexity index is 941. The third-order valence-electron chi connectivity index (χ3n) is 6.18. The molecule has 0 aromatic heterocycles. The van der Waals surface area contributed by atoms with Gasteiger partial charge in [-0.3, -0.25) is 5.01 Å². The predicted octanol–water partition coefficient (Wildman–Crippen LogP) is 3.81. The van der Waals surface area contributed by atoms with E-state index in [9.17, 15) is 0 Å². The summed E-state index contributed by atoms with van der Waals surface area (Å²) in [4.78, 5) is 6.69. The van der Waals surface area contributed by atoms with Crippen LogP contribution in [0.5, 0.6) is 0 Å². The van der Waals surface area contributed by atoms with Crippen LogP contribution in [0.25, 0.3) is 6.08 Å². The lowest BCUT2D eigenvalue weighted by Crippen LogP contribution is -2.41. The van der Waals surface area contributed by atoms with E-state index in [0.717, 1.165) is 13.1 Å². The van der Waals surface area contributed by atoms with Crippen molar-refractivity contribution in [3.8, 4) is 0 Å². The van der Waals surface area contributed by atoms with Crippen molar-refractivity contribution in [1.29, 1.82) is 0 Å². The van der Waals surface area contributed by atoms with Crippen molar-refractivity contribution in [2.75, 3.05) is 65.2 Å². The number of rotatable bonds is 4. The number of benzene rings is 2. The Morgan fingerprint density at radius 3 is 2.00 bits per heavy atom. The summed E-state index contributed by atoms with van der Waals surface area (Å²) in [5.74, 6) is 0.381. The third-order valence-corrected chi connectivity index (χ3v) is 6.18. The fourth-order valence-corrected chi connectivity index (χ4v) is 4.58. The molecule has 0 aliphatic carbocycles. The van der Waals surface area contributed by atoms with Gasteiger partial charge in [0.2, 0.25) is 0 Å². The van der Waals surface area contributed by atoms with E-state index in [4.69, 9.17) is 5.10 Å². The second-order valence-electron chi connectivity index (χ2n) is 8.95. The molecule has 0 N–H and O–H groups in total. The maximum Gasteiger partial charge on any atom is 0.0813 e. The Kier molecular flexibility index (Phi) is 5.56. The number of likely N-dealkylation sites (tertiary alicyclic amines) is 1. The maximum atomic E-state index is 5.02. The van der Waals surface area contributed by atoms with Crippen LogP contribution < -0.4 is 9.80 Å². The van der Waals surface area contributed by atoms with Crippen molar-refractivity contribution in [3.63, 3.8) is 0 Å². The Labute approximate surface area is 180 Å². The Hall–Kier alpha value is -2.79. The first-order valence-corrected chi connectivity index (χ1v) is 10.6. The topological polar surface area (TPSA) is 25.3 Å². The normalized spacial score (nSPS) is 22.8. The summed E-state index contributed by atoms with van der Waals surface area (Å²) in [7, 11) is 12.6. The molecule has 2 aromatic rings. The van der Waals surface area contributed by atoms with Crippen LogP contribution in [-0.2, 0) is 0 Å². The summed E-state index contributed by atoms with van der Waals surface area (Å²) in [6.45, 7) is 1.96. The maximum absolute atomic E-state index is 5.02. The number of hydrazone groups is 1. The summed E-state index contributed by atoms with van der Waals surface area (Å²) in [5, 5.41) is 7.18. The van der Waals surface area contributed by atoms with Gasteiger partial charge in [0.25, 0.3) is 0 Å². The molecule has 0 bridgehead atoms. The van der Waals surface area contributed by atoms with Crippen LogP contribution in [-0.4, -0.2) is 71.0 Å². The van der Waals surface area contributed by atoms with Gasteiger partial charge in [0, 0.05) is 65.6 Å². The lowest BCUT2D eigenvalue weighted by atomic mass is 9.83.